The fourth-order valence-electron chi connectivity index (χ4n) is 3.88. The van der Waals surface area contributed by atoms with E-state index in [4.69, 9.17) is 4.74 Å². The van der Waals surface area contributed by atoms with Crippen LogP contribution in [0.3, 0.4) is 0 Å². The Morgan fingerprint density at radius 3 is 2.20 bits per heavy atom. The summed E-state index contributed by atoms with van der Waals surface area (Å²) < 4.78 is 34.4. The monoisotopic (exact) mass is 494 g/mol. The summed E-state index contributed by atoms with van der Waals surface area (Å²) in [6.45, 7) is 7.90. The Hall–Kier alpha value is -3.32. The number of sulfonamides is 1. The molecule has 7 heteroatoms. The molecule has 0 unspecified atom stereocenters. The maximum atomic E-state index is 13.8. The highest BCUT2D eigenvalue weighted by Gasteiger charge is 2.30. The smallest absolute Gasteiger partial charge is 0.264 e. The second-order valence-corrected chi connectivity index (χ2v) is 10.7. The molecular weight excluding hydrogens is 460 g/mol. The number of carbonyl (C=O) groups is 1. The molecule has 0 saturated carbocycles. The SMILES string of the molecule is CCOc1ccccc1N(CC(=O)N[C@H](CC(C)C)c1ccccc1)S(=O)(=O)c1ccc(C)cc1. The molecule has 0 radical (unpaired) electrons. The van der Waals surface area contributed by atoms with E-state index in [0.717, 1.165) is 21.9 Å². The normalized spacial score (nSPS) is 12.3. The lowest BCUT2D eigenvalue weighted by Crippen LogP contribution is -2.42. The number of para-hydroxylation sites is 2. The highest BCUT2D eigenvalue weighted by Crippen LogP contribution is 2.32. The van der Waals surface area contributed by atoms with Crippen LogP contribution in [0.5, 0.6) is 5.75 Å². The lowest BCUT2D eigenvalue weighted by Gasteiger charge is -2.27. The van der Waals surface area contributed by atoms with Gasteiger partial charge in [0.1, 0.15) is 12.3 Å². The van der Waals surface area contributed by atoms with Crippen molar-refractivity contribution in [3.8, 4) is 5.75 Å². The Morgan fingerprint density at radius 2 is 1.57 bits per heavy atom. The van der Waals surface area contributed by atoms with Crippen molar-refractivity contribution >= 4 is 21.6 Å². The minimum absolute atomic E-state index is 0.115. The van der Waals surface area contributed by atoms with Gasteiger partial charge in [0.05, 0.1) is 23.2 Å². The molecule has 1 N–H and O–H groups in total. The van der Waals surface area contributed by atoms with E-state index in [9.17, 15) is 13.2 Å². The van der Waals surface area contributed by atoms with Crippen LogP contribution in [0.25, 0.3) is 0 Å². The van der Waals surface area contributed by atoms with Gasteiger partial charge in [-0.3, -0.25) is 9.10 Å². The Kier molecular flexibility index (Phi) is 8.93. The number of aryl methyl sites for hydroxylation is 1. The number of nitrogens with one attached hydrogen (secondary N) is 1. The fraction of sp³-hybridized carbons (Fsp3) is 0.321. The average Bonchev–Trinajstić information content (AvgIpc) is 2.83. The van der Waals surface area contributed by atoms with E-state index in [0.29, 0.717) is 24.0 Å². The molecule has 1 atom stereocenters. The molecule has 6 nitrogen and oxygen atoms in total. The summed E-state index contributed by atoms with van der Waals surface area (Å²) in [5, 5.41) is 3.06. The second-order valence-electron chi connectivity index (χ2n) is 8.89. The van der Waals surface area contributed by atoms with Crippen molar-refractivity contribution in [2.75, 3.05) is 17.5 Å². The number of nitrogens with zero attached hydrogens (tertiary/aromatic N) is 1. The first kappa shape index (κ1) is 26.3. The molecule has 0 heterocycles. The zero-order valence-electron chi connectivity index (χ0n) is 20.8. The van der Waals surface area contributed by atoms with Crippen LogP contribution in [0, 0.1) is 12.8 Å². The molecule has 0 spiro atoms. The molecule has 0 aliphatic heterocycles. The Balaban J connectivity index is 1.98. The first-order valence-electron chi connectivity index (χ1n) is 11.9. The molecule has 0 bridgehead atoms. The number of benzene rings is 3. The van der Waals surface area contributed by atoms with Crippen molar-refractivity contribution < 1.29 is 17.9 Å². The summed E-state index contributed by atoms with van der Waals surface area (Å²) in [6.07, 6.45) is 0.732. The van der Waals surface area contributed by atoms with Gasteiger partial charge in [-0.25, -0.2) is 8.42 Å². The minimum atomic E-state index is -4.04. The molecule has 3 aromatic carbocycles. The van der Waals surface area contributed by atoms with Gasteiger partial charge in [-0.15, -0.1) is 0 Å². The Morgan fingerprint density at radius 1 is 0.943 bits per heavy atom. The number of amides is 1. The number of anilines is 1. The number of carbonyl (C=O) groups excluding carboxylic acids is 1. The third-order valence-corrected chi connectivity index (χ3v) is 7.35. The first-order valence-corrected chi connectivity index (χ1v) is 13.3. The molecule has 0 saturated heterocycles. The molecule has 0 aromatic heterocycles. The van der Waals surface area contributed by atoms with E-state index < -0.39 is 10.0 Å². The van der Waals surface area contributed by atoms with Gasteiger partial charge in [0.25, 0.3) is 10.0 Å². The molecule has 3 aromatic rings. The van der Waals surface area contributed by atoms with Crippen molar-refractivity contribution in [2.45, 2.75) is 45.1 Å². The summed E-state index contributed by atoms with van der Waals surface area (Å²) >= 11 is 0. The van der Waals surface area contributed by atoms with Gasteiger partial charge in [0, 0.05) is 0 Å². The van der Waals surface area contributed by atoms with E-state index in [1.54, 1.807) is 48.5 Å². The van der Waals surface area contributed by atoms with Gasteiger partial charge < -0.3 is 10.1 Å². The van der Waals surface area contributed by atoms with Crippen molar-refractivity contribution in [3.05, 3.63) is 90.0 Å². The summed E-state index contributed by atoms with van der Waals surface area (Å²) in [5.74, 6) is 0.355. The lowest BCUT2D eigenvalue weighted by atomic mass is 9.97. The van der Waals surface area contributed by atoms with Crippen LogP contribution in [0.1, 0.15) is 44.4 Å². The quantitative estimate of drug-likeness (QED) is 0.382. The van der Waals surface area contributed by atoms with Crippen molar-refractivity contribution in [2.24, 2.45) is 5.92 Å². The minimum Gasteiger partial charge on any atom is -0.492 e. The van der Waals surface area contributed by atoms with E-state index >= 15 is 0 Å². The maximum Gasteiger partial charge on any atom is 0.264 e. The fourth-order valence-corrected chi connectivity index (χ4v) is 5.31. The average molecular weight is 495 g/mol. The molecule has 3 rings (SSSR count). The van der Waals surface area contributed by atoms with Crippen LogP contribution >= 0.6 is 0 Å². The van der Waals surface area contributed by atoms with Gasteiger partial charge in [-0.05, 0) is 56.0 Å². The summed E-state index contributed by atoms with van der Waals surface area (Å²) in [6, 6.07) is 23.0. The van der Waals surface area contributed by atoms with E-state index in [-0.39, 0.29) is 23.4 Å². The van der Waals surface area contributed by atoms with Crippen LogP contribution in [-0.4, -0.2) is 27.5 Å². The first-order chi connectivity index (χ1) is 16.7. The summed E-state index contributed by atoms with van der Waals surface area (Å²) in [7, 11) is -4.04. The Bertz CT molecular complexity index is 1210. The Labute approximate surface area is 209 Å². The molecule has 0 aliphatic carbocycles. The predicted octanol–water partition coefficient (Wildman–Crippen LogP) is 5.49. The number of hydrogen-bond donors (Lipinski definition) is 1. The van der Waals surface area contributed by atoms with Crippen LogP contribution in [0.2, 0.25) is 0 Å². The number of ether oxygens (including phenoxy) is 1. The predicted molar refractivity (Wildman–Crippen MR) is 140 cm³/mol. The maximum absolute atomic E-state index is 13.8. The molecular formula is C28H34N2O4S. The van der Waals surface area contributed by atoms with Gasteiger partial charge in [0.2, 0.25) is 5.91 Å². The summed E-state index contributed by atoms with van der Waals surface area (Å²) in [4.78, 5) is 13.5. The van der Waals surface area contributed by atoms with Crippen LogP contribution in [0.15, 0.2) is 83.8 Å². The van der Waals surface area contributed by atoms with Gasteiger partial charge in [0.15, 0.2) is 0 Å². The highest BCUT2D eigenvalue weighted by atomic mass is 32.2. The molecule has 0 fully saturated rings. The van der Waals surface area contributed by atoms with Crippen LogP contribution in [0.4, 0.5) is 5.69 Å². The lowest BCUT2D eigenvalue weighted by molar-refractivity contribution is -0.120. The molecule has 1 amide bonds. The van der Waals surface area contributed by atoms with Crippen molar-refractivity contribution in [1.82, 2.24) is 5.32 Å². The third-order valence-electron chi connectivity index (χ3n) is 5.57. The largest absolute Gasteiger partial charge is 0.492 e. The zero-order chi connectivity index (χ0) is 25.4. The van der Waals surface area contributed by atoms with Crippen molar-refractivity contribution in [1.29, 1.82) is 0 Å². The zero-order valence-corrected chi connectivity index (χ0v) is 21.6. The van der Waals surface area contributed by atoms with E-state index in [1.165, 1.54) is 0 Å². The van der Waals surface area contributed by atoms with Crippen LogP contribution < -0.4 is 14.4 Å². The third kappa shape index (κ3) is 6.85. The van der Waals surface area contributed by atoms with E-state index in [2.05, 4.69) is 19.2 Å². The summed E-state index contributed by atoms with van der Waals surface area (Å²) in [5.41, 5.74) is 2.25. The standard InChI is InChI=1S/C28H34N2O4S/c1-5-34-27-14-10-9-13-26(27)30(35(32,33)24-17-15-22(4)16-18-24)20-28(31)29-25(19-21(2)3)23-11-7-6-8-12-23/h6-18,21,25H,5,19-20H2,1-4H3,(H,29,31)/t25-/m1/s1. The number of hydrogen-bond acceptors (Lipinski definition) is 4. The van der Waals surface area contributed by atoms with Crippen molar-refractivity contribution in [3.63, 3.8) is 0 Å². The number of rotatable bonds is 11. The molecule has 0 aliphatic rings. The van der Waals surface area contributed by atoms with Gasteiger partial charge in [-0.1, -0.05) is 74.0 Å². The topological polar surface area (TPSA) is 75.7 Å². The highest BCUT2D eigenvalue weighted by molar-refractivity contribution is 7.92. The molecule has 186 valence electrons. The second kappa shape index (κ2) is 11.9. The van der Waals surface area contributed by atoms with E-state index in [1.807, 2.05) is 44.2 Å². The van der Waals surface area contributed by atoms with Gasteiger partial charge >= 0.3 is 0 Å². The molecule has 35 heavy (non-hydrogen) atoms. The van der Waals surface area contributed by atoms with Gasteiger partial charge in [-0.2, -0.15) is 0 Å². The van der Waals surface area contributed by atoms with Crippen LogP contribution in [-0.2, 0) is 14.8 Å².